The summed E-state index contributed by atoms with van der Waals surface area (Å²) >= 11 is 0. The minimum Gasteiger partial charge on any atom is -0.422 e. The van der Waals surface area contributed by atoms with E-state index in [1.165, 1.54) is 0 Å². The molecule has 0 aliphatic rings. The van der Waals surface area contributed by atoms with Crippen LogP contribution in [0.4, 0.5) is 0 Å². The van der Waals surface area contributed by atoms with Crippen LogP contribution in [0.5, 0.6) is 5.75 Å². The summed E-state index contributed by atoms with van der Waals surface area (Å²) in [5, 5.41) is 0.999. The number of nitrogens with zero attached hydrogens (tertiary/aromatic N) is 1. The Morgan fingerprint density at radius 3 is 2.35 bits per heavy atom. The van der Waals surface area contributed by atoms with E-state index < -0.39 is 5.97 Å². The van der Waals surface area contributed by atoms with Gasteiger partial charge in [-0.2, -0.15) is 0 Å². The van der Waals surface area contributed by atoms with E-state index in [1.807, 2.05) is 48.5 Å². The Morgan fingerprint density at radius 2 is 1.55 bits per heavy atom. The van der Waals surface area contributed by atoms with Gasteiger partial charge in [0.05, 0.1) is 5.52 Å². The van der Waals surface area contributed by atoms with Gasteiger partial charge in [-0.3, -0.25) is 0 Å². The third-order valence-corrected chi connectivity index (χ3v) is 2.76. The molecule has 0 bridgehead atoms. The minimum atomic E-state index is -0.447. The molecule has 0 saturated carbocycles. The van der Waals surface area contributed by atoms with Crippen LogP contribution in [0.25, 0.3) is 10.9 Å². The number of rotatable bonds is 2. The first-order chi connectivity index (χ1) is 9.33. The van der Waals surface area contributed by atoms with Gasteiger partial charge in [0, 0.05) is 5.39 Å². The zero-order chi connectivity index (χ0) is 13.1. The van der Waals surface area contributed by atoms with E-state index in [2.05, 4.69) is 4.98 Å². The third-order valence-electron chi connectivity index (χ3n) is 2.76. The van der Waals surface area contributed by atoms with Gasteiger partial charge in [-0.1, -0.05) is 42.5 Å². The van der Waals surface area contributed by atoms with Gasteiger partial charge in [-0.25, -0.2) is 9.78 Å². The van der Waals surface area contributed by atoms with E-state index in [-0.39, 0.29) is 20.1 Å². The smallest absolute Gasteiger partial charge is 0.422 e. The van der Waals surface area contributed by atoms with Gasteiger partial charge in [0.2, 0.25) is 0 Å². The van der Waals surface area contributed by atoms with Crippen LogP contribution in [-0.4, -0.2) is 11.0 Å². The van der Waals surface area contributed by atoms with Crippen molar-refractivity contribution >= 4 is 16.9 Å². The van der Waals surface area contributed by atoms with Crippen LogP contribution in [0.3, 0.4) is 0 Å². The Morgan fingerprint density at radius 1 is 0.850 bits per heavy atom. The number of aromatic nitrogens is 1. The second kappa shape index (κ2) is 6.42. The van der Waals surface area contributed by atoms with Gasteiger partial charge in [0.15, 0.2) is 0 Å². The Hall–Kier alpha value is -2.03. The van der Waals surface area contributed by atoms with Gasteiger partial charge in [0.1, 0.15) is 11.4 Å². The first-order valence-corrected chi connectivity index (χ1v) is 5.96. The molecule has 3 nitrogen and oxygen atoms in total. The van der Waals surface area contributed by atoms with Crippen molar-refractivity contribution in [3.8, 4) is 5.75 Å². The SMILES string of the molecule is O=C(Oc1ccccc1)c1ccc2ccccc2n1.[Ir+3]. The Labute approximate surface area is 130 Å². The van der Waals surface area contributed by atoms with E-state index in [0.717, 1.165) is 10.9 Å². The summed E-state index contributed by atoms with van der Waals surface area (Å²) in [5.74, 6) is 0.0689. The topological polar surface area (TPSA) is 39.2 Å². The predicted octanol–water partition coefficient (Wildman–Crippen LogP) is 3.45. The molecule has 4 heteroatoms. The molecule has 3 aromatic rings. The van der Waals surface area contributed by atoms with Crippen LogP contribution in [-0.2, 0) is 20.1 Å². The van der Waals surface area contributed by atoms with E-state index in [1.54, 1.807) is 18.2 Å². The largest absolute Gasteiger partial charge is 3.00 e. The number of benzene rings is 2. The molecule has 0 amide bonds. The monoisotopic (exact) mass is 442 g/mol. The molecule has 20 heavy (non-hydrogen) atoms. The van der Waals surface area contributed by atoms with Gasteiger partial charge in [-0.15, -0.1) is 0 Å². The predicted molar refractivity (Wildman–Crippen MR) is 73.1 cm³/mol. The van der Waals surface area contributed by atoms with E-state index in [4.69, 9.17) is 4.74 Å². The fourth-order valence-corrected chi connectivity index (χ4v) is 1.83. The molecule has 98 valence electrons. The number of carbonyl (C=O) groups excluding carboxylic acids is 1. The molecule has 0 unspecified atom stereocenters. The number of para-hydroxylation sites is 2. The maximum absolute atomic E-state index is 12.0. The van der Waals surface area contributed by atoms with E-state index >= 15 is 0 Å². The van der Waals surface area contributed by atoms with Crippen molar-refractivity contribution < 1.29 is 29.6 Å². The quantitative estimate of drug-likeness (QED) is 0.452. The summed E-state index contributed by atoms with van der Waals surface area (Å²) in [6.45, 7) is 0. The van der Waals surface area contributed by atoms with Gasteiger partial charge >= 0.3 is 26.1 Å². The van der Waals surface area contributed by atoms with Crippen molar-refractivity contribution in [2.75, 3.05) is 0 Å². The molecular weight excluding hydrogens is 430 g/mol. The van der Waals surface area contributed by atoms with Crippen LogP contribution in [0.15, 0.2) is 66.7 Å². The summed E-state index contributed by atoms with van der Waals surface area (Å²) in [7, 11) is 0. The molecule has 0 aliphatic heterocycles. The molecule has 0 spiro atoms. The fourth-order valence-electron chi connectivity index (χ4n) is 1.83. The molecular formula is C16H11IrNO2+3. The maximum Gasteiger partial charge on any atom is 3.00 e. The molecule has 0 atom stereocenters. The second-order valence-corrected chi connectivity index (χ2v) is 4.09. The Balaban J connectivity index is 0.00000147. The zero-order valence-electron chi connectivity index (χ0n) is 10.4. The summed E-state index contributed by atoms with van der Waals surface area (Å²) in [4.78, 5) is 16.3. The molecule has 3 rings (SSSR count). The van der Waals surface area contributed by atoms with Crippen molar-refractivity contribution in [2.24, 2.45) is 0 Å². The third kappa shape index (κ3) is 3.10. The van der Waals surface area contributed by atoms with Gasteiger partial charge in [0.25, 0.3) is 0 Å². The maximum atomic E-state index is 12.0. The molecule has 0 N–H and O–H groups in total. The summed E-state index contributed by atoms with van der Waals surface area (Å²) in [6, 6.07) is 20.2. The van der Waals surface area contributed by atoms with Gasteiger partial charge in [-0.05, 0) is 24.3 Å². The molecule has 0 saturated heterocycles. The van der Waals surface area contributed by atoms with Crippen LogP contribution in [0.2, 0.25) is 0 Å². The fraction of sp³-hybridized carbons (Fsp3) is 0. The molecule has 0 aliphatic carbocycles. The second-order valence-electron chi connectivity index (χ2n) is 4.09. The zero-order valence-corrected chi connectivity index (χ0v) is 12.8. The molecule has 1 heterocycles. The van der Waals surface area contributed by atoms with Crippen molar-refractivity contribution in [1.29, 1.82) is 0 Å². The van der Waals surface area contributed by atoms with E-state index in [0.29, 0.717) is 11.4 Å². The average molecular weight is 441 g/mol. The number of carbonyl (C=O) groups is 1. The summed E-state index contributed by atoms with van der Waals surface area (Å²) in [5.41, 5.74) is 1.09. The molecule has 1 aromatic heterocycles. The number of hydrogen-bond acceptors (Lipinski definition) is 3. The summed E-state index contributed by atoms with van der Waals surface area (Å²) < 4.78 is 5.25. The Bertz CT molecular complexity index is 729. The standard InChI is InChI=1S/C16H11NO2.Ir/c18-16(19-13-7-2-1-3-8-13)15-11-10-12-6-4-5-9-14(12)17-15;/h1-11H;/q;+3. The van der Waals surface area contributed by atoms with Crippen LogP contribution in [0, 0.1) is 0 Å². The van der Waals surface area contributed by atoms with Crippen molar-refractivity contribution in [1.82, 2.24) is 4.98 Å². The number of hydrogen-bond donors (Lipinski definition) is 0. The number of pyridine rings is 1. The first kappa shape index (κ1) is 14.4. The van der Waals surface area contributed by atoms with E-state index in [9.17, 15) is 4.79 Å². The first-order valence-electron chi connectivity index (χ1n) is 5.96. The van der Waals surface area contributed by atoms with Crippen molar-refractivity contribution in [3.63, 3.8) is 0 Å². The average Bonchev–Trinajstić information content (AvgIpc) is 2.48. The number of fused-ring (bicyclic) bond motifs is 1. The molecule has 0 radical (unpaired) electrons. The van der Waals surface area contributed by atoms with Crippen molar-refractivity contribution in [2.45, 2.75) is 0 Å². The Kier molecular flexibility index (Phi) is 4.61. The van der Waals surface area contributed by atoms with Crippen molar-refractivity contribution in [3.05, 3.63) is 72.4 Å². The number of esters is 1. The van der Waals surface area contributed by atoms with Crippen LogP contribution < -0.4 is 4.74 Å². The molecule has 2 aromatic carbocycles. The van der Waals surface area contributed by atoms with Crippen LogP contribution >= 0.6 is 0 Å². The molecule has 0 fully saturated rings. The normalized spacial score (nSPS) is 9.80. The van der Waals surface area contributed by atoms with Gasteiger partial charge < -0.3 is 4.74 Å². The number of ether oxygens (including phenoxy) is 1. The minimum absolute atomic E-state index is 0. The summed E-state index contributed by atoms with van der Waals surface area (Å²) in [6.07, 6.45) is 0. The van der Waals surface area contributed by atoms with Crippen LogP contribution in [0.1, 0.15) is 10.5 Å².